The minimum Gasteiger partial charge on any atom is -0.489 e. The molecule has 1 N–H and O–H groups in total. The smallest absolute Gasteiger partial charge is 0.147 e. The van der Waals surface area contributed by atoms with Crippen molar-refractivity contribution < 1.29 is 14.4 Å². The molecule has 0 spiro atoms. The standard InChI is InChI=1S/C28H23Cl2N5O3/c1-16-10-32-12-23(30)25(16)26-20(27(38-34-26)18-3-4-18)13-37-19-5-6-21(22(29)8-19)28(36)14-35(15-28)24-7-2-17(9-31)11-33-24/h2,5-8,10-12,18,36H,3-4,13-15H2,1H3. The lowest BCUT2D eigenvalue weighted by molar-refractivity contribution is 0.00712. The maximum atomic E-state index is 11.2. The molecule has 8 nitrogen and oxygen atoms in total. The van der Waals surface area contributed by atoms with Gasteiger partial charge in [0, 0.05) is 35.6 Å². The Kier molecular flexibility index (Phi) is 6.23. The molecule has 4 aromatic rings. The molecule has 1 aliphatic heterocycles. The monoisotopic (exact) mass is 547 g/mol. The number of halogens is 2. The summed E-state index contributed by atoms with van der Waals surface area (Å²) < 4.78 is 11.9. The molecule has 6 rings (SSSR count). The molecule has 10 heteroatoms. The number of benzene rings is 1. The summed E-state index contributed by atoms with van der Waals surface area (Å²) in [5.41, 5.74) is 3.23. The molecular formula is C28H23Cl2N5O3. The molecule has 1 saturated heterocycles. The number of hydrogen-bond acceptors (Lipinski definition) is 8. The van der Waals surface area contributed by atoms with Gasteiger partial charge in [-0.1, -0.05) is 34.4 Å². The lowest BCUT2D eigenvalue weighted by Gasteiger charge is -2.47. The lowest BCUT2D eigenvalue weighted by atomic mass is 9.86. The SMILES string of the molecule is Cc1cncc(Cl)c1-c1noc(C2CC2)c1COc1ccc(C2(O)CN(c3ccc(C#N)cn3)C2)c(Cl)c1. The van der Waals surface area contributed by atoms with E-state index in [2.05, 4.69) is 21.2 Å². The van der Waals surface area contributed by atoms with Crippen molar-refractivity contribution in [1.82, 2.24) is 15.1 Å². The zero-order valence-electron chi connectivity index (χ0n) is 20.5. The number of aromatic nitrogens is 3. The number of nitriles is 1. The second kappa shape index (κ2) is 9.59. The Bertz CT molecular complexity index is 1530. The van der Waals surface area contributed by atoms with Crippen molar-refractivity contribution in [3.05, 3.63) is 87.0 Å². The number of anilines is 1. The maximum absolute atomic E-state index is 11.2. The summed E-state index contributed by atoms with van der Waals surface area (Å²) >= 11 is 13.1. The normalized spacial score (nSPS) is 16.1. The summed E-state index contributed by atoms with van der Waals surface area (Å²) in [7, 11) is 0. The number of ether oxygens (including phenoxy) is 1. The second-order valence-corrected chi connectivity index (χ2v) is 10.6. The van der Waals surface area contributed by atoms with Gasteiger partial charge in [0.25, 0.3) is 0 Å². The summed E-state index contributed by atoms with van der Waals surface area (Å²) in [6.07, 6.45) is 6.98. The van der Waals surface area contributed by atoms with E-state index in [1.165, 1.54) is 6.20 Å². The Hall–Kier alpha value is -3.64. The van der Waals surface area contributed by atoms with Crippen molar-refractivity contribution >= 4 is 29.0 Å². The molecule has 0 atom stereocenters. The largest absolute Gasteiger partial charge is 0.489 e. The van der Waals surface area contributed by atoms with Crippen molar-refractivity contribution in [3.8, 4) is 23.1 Å². The molecule has 1 aliphatic carbocycles. The number of rotatable bonds is 7. The first-order valence-corrected chi connectivity index (χ1v) is 13.0. The molecule has 2 aliphatic rings. The molecule has 1 saturated carbocycles. The van der Waals surface area contributed by atoms with E-state index in [1.807, 2.05) is 11.8 Å². The van der Waals surface area contributed by atoms with E-state index in [0.717, 1.165) is 35.3 Å². The van der Waals surface area contributed by atoms with Gasteiger partial charge in [0.2, 0.25) is 0 Å². The van der Waals surface area contributed by atoms with Gasteiger partial charge in [0.05, 0.1) is 34.3 Å². The fourth-order valence-corrected chi connectivity index (χ4v) is 5.47. The van der Waals surface area contributed by atoms with Gasteiger partial charge in [-0.15, -0.1) is 0 Å². The highest BCUT2D eigenvalue weighted by Gasteiger charge is 2.44. The van der Waals surface area contributed by atoms with Crippen LogP contribution in [0.5, 0.6) is 5.75 Å². The number of β-amino-alcohol motifs (C(OH)–C–C–N with tert-alkyl or cyclic N) is 1. The van der Waals surface area contributed by atoms with Crippen molar-refractivity contribution in [1.29, 1.82) is 5.26 Å². The predicted molar refractivity (Wildman–Crippen MR) is 142 cm³/mol. The minimum absolute atomic E-state index is 0.237. The molecule has 192 valence electrons. The van der Waals surface area contributed by atoms with Crippen LogP contribution < -0.4 is 9.64 Å². The van der Waals surface area contributed by atoms with Gasteiger partial charge in [0.15, 0.2) is 0 Å². The lowest BCUT2D eigenvalue weighted by Crippen LogP contribution is -2.60. The summed E-state index contributed by atoms with van der Waals surface area (Å²) in [4.78, 5) is 10.4. The van der Waals surface area contributed by atoms with Crippen LogP contribution in [0, 0.1) is 18.3 Å². The van der Waals surface area contributed by atoms with Crippen LogP contribution in [0.4, 0.5) is 5.82 Å². The van der Waals surface area contributed by atoms with E-state index >= 15 is 0 Å². The highest BCUT2D eigenvalue weighted by Crippen LogP contribution is 2.45. The second-order valence-electron chi connectivity index (χ2n) is 9.80. The Labute approximate surface area is 229 Å². The fourth-order valence-electron chi connectivity index (χ4n) is 4.83. The molecular weight excluding hydrogens is 525 g/mol. The van der Waals surface area contributed by atoms with E-state index in [1.54, 1.807) is 42.7 Å². The first-order valence-electron chi connectivity index (χ1n) is 12.2. The van der Waals surface area contributed by atoms with Gasteiger partial charge in [-0.3, -0.25) is 4.98 Å². The number of hydrogen-bond donors (Lipinski definition) is 1. The summed E-state index contributed by atoms with van der Waals surface area (Å²) in [5.74, 6) is 2.43. The van der Waals surface area contributed by atoms with Crippen LogP contribution in [0.3, 0.4) is 0 Å². The molecule has 38 heavy (non-hydrogen) atoms. The first kappa shape index (κ1) is 24.7. The van der Waals surface area contributed by atoms with Gasteiger partial charge in [-0.2, -0.15) is 5.26 Å². The third-order valence-electron chi connectivity index (χ3n) is 7.02. The summed E-state index contributed by atoms with van der Waals surface area (Å²) in [6, 6.07) is 10.8. The third kappa shape index (κ3) is 4.47. The summed E-state index contributed by atoms with van der Waals surface area (Å²) in [5, 5.41) is 25.4. The number of aliphatic hydroxyl groups is 1. The van der Waals surface area contributed by atoms with Crippen LogP contribution in [0.15, 0.2) is 53.4 Å². The van der Waals surface area contributed by atoms with Crippen molar-refractivity contribution in [2.45, 2.75) is 37.9 Å². The average Bonchev–Trinajstić information content (AvgIpc) is 3.66. The Morgan fingerprint density at radius 3 is 2.63 bits per heavy atom. The topological polar surface area (TPSA) is 108 Å². The van der Waals surface area contributed by atoms with Crippen LogP contribution in [0.25, 0.3) is 11.3 Å². The van der Waals surface area contributed by atoms with E-state index < -0.39 is 5.60 Å². The summed E-state index contributed by atoms with van der Waals surface area (Å²) in [6.45, 7) is 2.85. The molecule has 3 aromatic heterocycles. The molecule has 0 amide bonds. The minimum atomic E-state index is -1.11. The zero-order chi connectivity index (χ0) is 26.4. The molecule has 1 aromatic carbocycles. The van der Waals surface area contributed by atoms with Crippen LogP contribution >= 0.6 is 23.2 Å². The molecule has 0 unspecified atom stereocenters. The van der Waals surface area contributed by atoms with Gasteiger partial charge in [-0.05, 0) is 49.6 Å². The van der Waals surface area contributed by atoms with Crippen LogP contribution in [0.1, 0.15) is 46.8 Å². The van der Waals surface area contributed by atoms with Gasteiger partial charge < -0.3 is 19.3 Å². The van der Waals surface area contributed by atoms with Gasteiger partial charge >= 0.3 is 0 Å². The molecule has 2 fully saturated rings. The van der Waals surface area contributed by atoms with Crippen molar-refractivity contribution in [2.24, 2.45) is 0 Å². The third-order valence-corrected chi connectivity index (χ3v) is 7.62. The highest BCUT2D eigenvalue weighted by molar-refractivity contribution is 6.33. The van der Waals surface area contributed by atoms with E-state index in [4.69, 9.17) is 37.7 Å². The predicted octanol–water partition coefficient (Wildman–Crippen LogP) is 5.78. The quantitative estimate of drug-likeness (QED) is 0.310. The van der Waals surface area contributed by atoms with Crippen molar-refractivity contribution in [3.63, 3.8) is 0 Å². The Morgan fingerprint density at radius 2 is 1.97 bits per heavy atom. The maximum Gasteiger partial charge on any atom is 0.147 e. The Balaban J connectivity index is 1.19. The van der Waals surface area contributed by atoms with Crippen molar-refractivity contribution in [2.75, 3.05) is 18.0 Å². The van der Waals surface area contributed by atoms with Gasteiger partial charge in [0.1, 0.15) is 41.3 Å². The van der Waals surface area contributed by atoms with E-state index in [0.29, 0.717) is 57.4 Å². The van der Waals surface area contributed by atoms with Crippen LogP contribution in [-0.2, 0) is 12.2 Å². The fraction of sp³-hybridized carbons (Fsp3) is 0.286. The average molecular weight is 548 g/mol. The van der Waals surface area contributed by atoms with Crippen LogP contribution in [0.2, 0.25) is 10.0 Å². The van der Waals surface area contributed by atoms with Gasteiger partial charge in [-0.25, -0.2) is 4.98 Å². The van der Waals surface area contributed by atoms with E-state index in [-0.39, 0.29) is 6.61 Å². The first-order chi connectivity index (χ1) is 18.4. The number of nitrogens with zero attached hydrogens (tertiary/aromatic N) is 5. The zero-order valence-corrected chi connectivity index (χ0v) is 22.0. The highest BCUT2D eigenvalue weighted by atomic mass is 35.5. The number of pyridine rings is 2. The number of aryl methyl sites for hydroxylation is 1. The Morgan fingerprint density at radius 1 is 1.16 bits per heavy atom. The molecule has 4 heterocycles. The molecule has 0 radical (unpaired) electrons. The van der Waals surface area contributed by atoms with Crippen LogP contribution in [-0.4, -0.2) is 33.3 Å². The molecule has 0 bridgehead atoms. The van der Waals surface area contributed by atoms with E-state index in [9.17, 15) is 5.11 Å².